The fourth-order valence-electron chi connectivity index (χ4n) is 1.60. The summed E-state index contributed by atoms with van der Waals surface area (Å²) in [5.74, 6) is 0.0339. The summed E-state index contributed by atoms with van der Waals surface area (Å²) >= 11 is 0. The number of phenols is 1. The number of rotatable bonds is 3. The van der Waals surface area contributed by atoms with Crippen LogP contribution in [0.4, 0.5) is 27.5 Å². The SMILES string of the molecule is NC(=O)Nc1cc(O)ccc1Nc1ccc(N)cc1. The van der Waals surface area contributed by atoms with Crippen LogP contribution in [0.2, 0.25) is 0 Å². The second-order valence-electron chi connectivity index (χ2n) is 3.97. The first-order valence-corrected chi connectivity index (χ1v) is 5.56. The van der Waals surface area contributed by atoms with Gasteiger partial charge in [0.1, 0.15) is 5.75 Å². The third kappa shape index (κ3) is 3.29. The lowest BCUT2D eigenvalue weighted by molar-refractivity contribution is 0.259. The topological polar surface area (TPSA) is 113 Å². The molecule has 0 heterocycles. The Morgan fingerprint density at radius 1 is 1.05 bits per heavy atom. The van der Waals surface area contributed by atoms with Crippen LogP contribution in [0.5, 0.6) is 5.75 Å². The molecule has 0 fully saturated rings. The third-order valence-electron chi connectivity index (χ3n) is 2.45. The molecule has 0 aliphatic rings. The molecule has 0 radical (unpaired) electrons. The Morgan fingerprint density at radius 3 is 2.37 bits per heavy atom. The molecule has 0 atom stereocenters. The van der Waals surface area contributed by atoms with Gasteiger partial charge in [0.2, 0.25) is 0 Å². The number of urea groups is 1. The number of nitrogens with one attached hydrogen (secondary N) is 2. The van der Waals surface area contributed by atoms with Crippen molar-refractivity contribution in [3.05, 3.63) is 42.5 Å². The lowest BCUT2D eigenvalue weighted by atomic mass is 10.2. The zero-order valence-electron chi connectivity index (χ0n) is 10.1. The number of carbonyl (C=O) groups is 1. The van der Waals surface area contributed by atoms with Crippen LogP contribution in [0.3, 0.4) is 0 Å². The highest BCUT2D eigenvalue weighted by Gasteiger charge is 2.06. The van der Waals surface area contributed by atoms with E-state index < -0.39 is 6.03 Å². The zero-order valence-corrected chi connectivity index (χ0v) is 10.1. The normalized spacial score (nSPS) is 9.89. The summed E-state index contributed by atoms with van der Waals surface area (Å²) in [6.07, 6.45) is 0. The van der Waals surface area contributed by atoms with Crippen LogP contribution >= 0.6 is 0 Å². The van der Waals surface area contributed by atoms with Gasteiger partial charge in [0, 0.05) is 17.4 Å². The molecular formula is C13H14N4O2. The quantitative estimate of drug-likeness (QED) is 0.429. The number of nitrogens with two attached hydrogens (primary N) is 2. The van der Waals surface area contributed by atoms with Crippen molar-refractivity contribution in [2.24, 2.45) is 5.73 Å². The fraction of sp³-hybridized carbons (Fsp3) is 0. The molecule has 0 unspecified atom stereocenters. The Kier molecular flexibility index (Phi) is 3.42. The van der Waals surface area contributed by atoms with E-state index in [1.54, 1.807) is 30.3 Å². The van der Waals surface area contributed by atoms with E-state index in [-0.39, 0.29) is 5.75 Å². The summed E-state index contributed by atoms with van der Waals surface area (Å²) in [5, 5.41) is 14.9. The zero-order chi connectivity index (χ0) is 13.8. The molecule has 0 aliphatic heterocycles. The largest absolute Gasteiger partial charge is 0.508 e. The number of nitrogen functional groups attached to an aromatic ring is 1. The van der Waals surface area contributed by atoms with Gasteiger partial charge in [-0.25, -0.2) is 4.79 Å². The van der Waals surface area contributed by atoms with Gasteiger partial charge < -0.3 is 27.2 Å². The maximum Gasteiger partial charge on any atom is 0.316 e. The van der Waals surface area contributed by atoms with Crippen molar-refractivity contribution in [2.75, 3.05) is 16.4 Å². The fourth-order valence-corrected chi connectivity index (χ4v) is 1.60. The highest BCUT2D eigenvalue weighted by Crippen LogP contribution is 2.29. The lowest BCUT2D eigenvalue weighted by Gasteiger charge is -2.12. The molecule has 6 heteroatoms. The van der Waals surface area contributed by atoms with E-state index in [4.69, 9.17) is 11.5 Å². The summed E-state index contributed by atoms with van der Waals surface area (Å²) < 4.78 is 0. The molecule has 0 saturated carbocycles. The smallest absolute Gasteiger partial charge is 0.316 e. The minimum Gasteiger partial charge on any atom is -0.508 e. The van der Waals surface area contributed by atoms with Gasteiger partial charge in [-0.1, -0.05) is 0 Å². The number of hydrogen-bond acceptors (Lipinski definition) is 4. The molecule has 2 aromatic rings. The van der Waals surface area contributed by atoms with Crippen LogP contribution in [0, 0.1) is 0 Å². The van der Waals surface area contributed by atoms with Gasteiger partial charge >= 0.3 is 6.03 Å². The number of primary amides is 1. The average molecular weight is 258 g/mol. The summed E-state index contributed by atoms with van der Waals surface area (Å²) in [4.78, 5) is 10.9. The molecule has 7 N–H and O–H groups in total. The van der Waals surface area contributed by atoms with Crippen molar-refractivity contribution in [1.82, 2.24) is 0 Å². The van der Waals surface area contributed by atoms with Gasteiger partial charge in [-0.05, 0) is 36.4 Å². The van der Waals surface area contributed by atoms with Crippen molar-refractivity contribution in [2.45, 2.75) is 0 Å². The second kappa shape index (κ2) is 5.18. The van der Waals surface area contributed by atoms with Crippen LogP contribution in [-0.2, 0) is 0 Å². The highest BCUT2D eigenvalue weighted by atomic mass is 16.3. The minimum absolute atomic E-state index is 0.0339. The van der Waals surface area contributed by atoms with Gasteiger partial charge in [0.25, 0.3) is 0 Å². The molecule has 0 aromatic heterocycles. The molecular weight excluding hydrogens is 244 g/mol. The van der Waals surface area contributed by atoms with Crippen LogP contribution in [0.15, 0.2) is 42.5 Å². The average Bonchev–Trinajstić information content (AvgIpc) is 2.34. The second-order valence-corrected chi connectivity index (χ2v) is 3.97. The van der Waals surface area contributed by atoms with Crippen LogP contribution in [-0.4, -0.2) is 11.1 Å². The van der Waals surface area contributed by atoms with E-state index in [1.807, 2.05) is 0 Å². The lowest BCUT2D eigenvalue weighted by Crippen LogP contribution is -2.19. The molecule has 19 heavy (non-hydrogen) atoms. The molecule has 2 rings (SSSR count). The molecule has 98 valence electrons. The van der Waals surface area contributed by atoms with E-state index in [1.165, 1.54) is 12.1 Å². The molecule has 0 bridgehead atoms. The van der Waals surface area contributed by atoms with Gasteiger partial charge in [-0.2, -0.15) is 0 Å². The Bertz CT molecular complexity index is 596. The standard InChI is InChI=1S/C13H14N4O2/c14-8-1-3-9(4-2-8)16-11-6-5-10(18)7-12(11)17-13(15)19/h1-7,16,18H,14H2,(H3,15,17,19). The first kappa shape index (κ1) is 12.6. The van der Waals surface area contributed by atoms with E-state index in [2.05, 4.69) is 10.6 Å². The number of phenolic OH excluding ortho intramolecular Hbond substituents is 1. The maximum atomic E-state index is 10.9. The van der Waals surface area contributed by atoms with E-state index in [0.29, 0.717) is 17.1 Å². The van der Waals surface area contributed by atoms with Gasteiger partial charge in [-0.3, -0.25) is 0 Å². The molecule has 0 spiro atoms. The first-order valence-electron chi connectivity index (χ1n) is 5.56. The Labute approximate surface area is 110 Å². The number of amides is 2. The monoisotopic (exact) mass is 258 g/mol. The Morgan fingerprint density at radius 2 is 1.74 bits per heavy atom. The highest BCUT2D eigenvalue weighted by molar-refractivity contribution is 5.93. The number of hydrogen-bond donors (Lipinski definition) is 5. The Hall–Kier alpha value is -2.89. The summed E-state index contributed by atoms with van der Waals surface area (Å²) in [7, 11) is 0. The van der Waals surface area contributed by atoms with Crippen molar-refractivity contribution < 1.29 is 9.90 Å². The van der Waals surface area contributed by atoms with E-state index in [0.717, 1.165) is 5.69 Å². The molecule has 0 aliphatic carbocycles. The van der Waals surface area contributed by atoms with Crippen LogP contribution < -0.4 is 22.1 Å². The summed E-state index contributed by atoms with van der Waals surface area (Å²) in [6, 6.07) is 11.0. The first-order chi connectivity index (χ1) is 9.04. The third-order valence-corrected chi connectivity index (χ3v) is 2.45. The summed E-state index contributed by atoms with van der Waals surface area (Å²) in [5.41, 5.74) is 13.1. The van der Waals surface area contributed by atoms with Gasteiger partial charge in [-0.15, -0.1) is 0 Å². The van der Waals surface area contributed by atoms with Gasteiger partial charge in [0.05, 0.1) is 11.4 Å². The summed E-state index contributed by atoms with van der Waals surface area (Å²) in [6.45, 7) is 0. The number of benzene rings is 2. The number of anilines is 4. The molecule has 0 saturated heterocycles. The molecule has 2 amide bonds. The predicted molar refractivity (Wildman–Crippen MR) is 75.5 cm³/mol. The minimum atomic E-state index is -0.703. The maximum absolute atomic E-state index is 10.9. The van der Waals surface area contributed by atoms with Crippen molar-refractivity contribution in [1.29, 1.82) is 0 Å². The van der Waals surface area contributed by atoms with Gasteiger partial charge in [0.15, 0.2) is 0 Å². The van der Waals surface area contributed by atoms with Crippen molar-refractivity contribution in [3.63, 3.8) is 0 Å². The van der Waals surface area contributed by atoms with Crippen molar-refractivity contribution >= 4 is 28.8 Å². The molecule has 2 aromatic carbocycles. The van der Waals surface area contributed by atoms with Crippen molar-refractivity contribution in [3.8, 4) is 5.75 Å². The Balaban J connectivity index is 2.28. The number of aromatic hydroxyl groups is 1. The van der Waals surface area contributed by atoms with E-state index in [9.17, 15) is 9.90 Å². The van der Waals surface area contributed by atoms with Crippen LogP contribution in [0.1, 0.15) is 0 Å². The van der Waals surface area contributed by atoms with Crippen LogP contribution in [0.25, 0.3) is 0 Å². The number of carbonyl (C=O) groups excluding carboxylic acids is 1. The predicted octanol–water partition coefficient (Wildman–Crippen LogP) is 2.21. The van der Waals surface area contributed by atoms with E-state index >= 15 is 0 Å². The molecule has 6 nitrogen and oxygen atoms in total.